The molecule has 0 saturated heterocycles. The van der Waals surface area contributed by atoms with Crippen LogP contribution in [0.25, 0.3) is 22.3 Å². The van der Waals surface area contributed by atoms with Crippen molar-refractivity contribution in [3.05, 3.63) is 54.0 Å². The first kappa shape index (κ1) is 18.8. The number of aliphatic hydroxyl groups is 1. The predicted octanol–water partition coefficient (Wildman–Crippen LogP) is 2.15. The summed E-state index contributed by atoms with van der Waals surface area (Å²) < 4.78 is 7.04. The third-order valence-electron chi connectivity index (χ3n) is 4.47. The maximum absolute atomic E-state index is 10.2. The Balaban J connectivity index is 1.70. The molecule has 0 atom stereocenters. The SMILES string of the molecule is COc1cccc2c(-c3cn(Cc4cccc(C(C)(C)O)n4)nn3)nc(N)nc12. The third-order valence-corrected chi connectivity index (χ3v) is 4.47. The fourth-order valence-electron chi connectivity index (χ4n) is 3.06. The van der Waals surface area contributed by atoms with E-state index >= 15 is 0 Å². The van der Waals surface area contributed by atoms with Crippen molar-refractivity contribution >= 4 is 16.9 Å². The van der Waals surface area contributed by atoms with Gasteiger partial charge in [0.1, 0.15) is 28.3 Å². The summed E-state index contributed by atoms with van der Waals surface area (Å²) in [6.07, 6.45) is 1.78. The number of rotatable bonds is 5. The quantitative estimate of drug-likeness (QED) is 0.530. The molecule has 0 unspecified atom stereocenters. The van der Waals surface area contributed by atoms with E-state index < -0.39 is 5.60 Å². The highest BCUT2D eigenvalue weighted by molar-refractivity contribution is 5.95. The molecule has 29 heavy (non-hydrogen) atoms. The van der Waals surface area contributed by atoms with Gasteiger partial charge in [0.15, 0.2) is 0 Å². The molecule has 3 aromatic heterocycles. The third kappa shape index (κ3) is 3.72. The number of hydrogen-bond donors (Lipinski definition) is 2. The fourth-order valence-corrected chi connectivity index (χ4v) is 3.06. The second-order valence-corrected chi connectivity index (χ2v) is 7.16. The monoisotopic (exact) mass is 391 g/mol. The van der Waals surface area contributed by atoms with E-state index in [2.05, 4.69) is 25.3 Å². The summed E-state index contributed by atoms with van der Waals surface area (Å²) >= 11 is 0. The molecule has 3 N–H and O–H groups in total. The van der Waals surface area contributed by atoms with Crippen LogP contribution in [0.15, 0.2) is 42.6 Å². The van der Waals surface area contributed by atoms with Crippen molar-refractivity contribution in [1.82, 2.24) is 29.9 Å². The molecule has 0 saturated carbocycles. The lowest BCUT2D eigenvalue weighted by molar-refractivity contribution is 0.0736. The van der Waals surface area contributed by atoms with Gasteiger partial charge in [-0.15, -0.1) is 5.10 Å². The molecular weight excluding hydrogens is 370 g/mol. The number of hydrogen-bond acceptors (Lipinski definition) is 8. The molecule has 9 heteroatoms. The van der Waals surface area contributed by atoms with E-state index in [1.165, 1.54) is 0 Å². The summed E-state index contributed by atoms with van der Waals surface area (Å²) in [6.45, 7) is 3.80. The van der Waals surface area contributed by atoms with Crippen LogP contribution in [0.3, 0.4) is 0 Å². The number of methoxy groups -OCH3 is 1. The Morgan fingerprint density at radius 3 is 2.66 bits per heavy atom. The largest absolute Gasteiger partial charge is 0.494 e. The number of anilines is 1. The molecule has 0 radical (unpaired) electrons. The number of ether oxygens (including phenoxy) is 1. The number of para-hydroxylation sites is 1. The van der Waals surface area contributed by atoms with Crippen molar-refractivity contribution in [2.75, 3.05) is 12.8 Å². The Kier molecular flexibility index (Phi) is 4.59. The van der Waals surface area contributed by atoms with Crippen LogP contribution in [0.2, 0.25) is 0 Å². The summed E-state index contributed by atoms with van der Waals surface area (Å²) in [6, 6.07) is 11.1. The summed E-state index contributed by atoms with van der Waals surface area (Å²) in [5, 5.41) is 19.4. The fraction of sp³-hybridized carbons (Fsp3) is 0.250. The van der Waals surface area contributed by atoms with Gasteiger partial charge in [-0.05, 0) is 32.0 Å². The lowest BCUT2D eigenvalue weighted by Crippen LogP contribution is -2.18. The second-order valence-electron chi connectivity index (χ2n) is 7.16. The lowest BCUT2D eigenvalue weighted by Gasteiger charge is -2.17. The van der Waals surface area contributed by atoms with E-state index in [0.29, 0.717) is 34.9 Å². The Hall–Kier alpha value is -3.59. The molecule has 0 bridgehead atoms. The van der Waals surface area contributed by atoms with Gasteiger partial charge in [-0.3, -0.25) is 4.98 Å². The lowest BCUT2D eigenvalue weighted by atomic mass is 10.0. The molecule has 0 aliphatic carbocycles. The number of benzene rings is 1. The van der Waals surface area contributed by atoms with Crippen molar-refractivity contribution in [2.24, 2.45) is 0 Å². The average Bonchev–Trinajstić information content (AvgIpc) is 3.14. The van der Waals surface area contributed by atoms with E-state index in [1.807, 2.05) is 30.3 Å². The standard InChI is InChI=1S/C20H21N7O2/c1-20(2,28)16-9-4-6-12(22-16)10-27-11-14(25-26-27)17-13-7-5-8-15(29-3)18(13)24-19(21)23-17/h4-9,11,28H,10H2,1-3H3,(H2,21,23,24). The highest BCUT2D eigenvalue weighted by Crippen LogP contribution is 2.30. The molecule has 1 aromatic carbocycles. The molecule has 148 valence electrons. The van der Waals surface area contributed by atoms with Crippen molar-refractivity contribution < 1.29 is 9.84 Å². The molecule has 0 fully saturated rings. The van der Waals surface area contributed by atoms with E-state index in [0.717, 1.165) is 11.1 Å². The maximum atomic E-state index is 10.2. The van der Waals surface area contributed by atoms with Gasteiger partial charge in [0.2, 0.25) is 5.95 Å². The Morgan fingerprint density at radius 1 is 1.10 bits per heavy atom. The second kappa shape index (κ2) is 7.10. The zero-order chi connectivity index (χ0) is 20.6. The van der Waals surface area contributed by atoms with Crippen LogP contribution in [-0.4, -0.2) is 42.2 Å². The maximum Gasteiger partial charge on any atom is 0.221 e. The smallest absolute Gasteiger partial charge is 0.221 e. The van der Waals surface area contributed by atoms with E-state index in [9.17, 15) is 5.11 Å². The Labute approximate surface area is 167 Å². The van der Waals surface area contributed by atoms with Crippen LogP contribution >= 0.6 is 0 Å². The first-order valence-corrected chi connectivity index (χ1v) is 9.04. The van der Waals surface area contributed by atoms with Crippen LogP contribution in [0.4, 0.5) is 5.95 Å². The van der Waals surface area contributed by atoms with Crippen LogP contribution < -0.4 is 10.5 Å². The van der Waals surface area contributed by atoms with Gasteiger partial charge in [0.05, 0.1) is 31.2 Å². The highest BCUT2D eigenvalue weighted by Gasteiger charge is 2.18. The minimum absolute atomic E-state index is 0.131. The Morgan fingerprint density at radius 2 is 1.90 bits per heavy atom. The van der Waals surface area contributed by atoms with Crippen molar-refractivity contribution in [1.29, 1.82) is 0 Å². The van der Waals surface area contributed by atoms with Crippen LogP contribution in [-0.2, 0) is 12.1 Å². The molecule has 9 nitrogen and oxygen atoms in total. The van der Waals surface area contributed by atoms with Gasteiger partial charge in [0, 0.05) is 5.39 Å². The van der Waals surface area contributed by atoms with E-state index in [4.69, 9.17) is 10.5 Å². The first-order valence-electron chi connectivity index (χ1n) is 9.04. The van der Waals surface area contributed by atoms with Gasteiger partial charge in [0.25, 0.3) is 0 Å². The van der Waals surface area contributed by atoms with Gasteiger partial charge in [-0.2, -0.15) is 0 Å². The van der Waals surface area contributed by atoms with Crippen molar-refractivity contribution in [3.63, 3.8) is 0 Å². The van der Waals surface area contributed by atoms with Crippen LogP contribution in [0.5, 0.6) is 5.75 Å². The topological polar surface area (TPSA) is 125 Å². The van der Waals surface area contributed by atoms with Crippen LogP contribution in [0.1, 0.15) is 25.2 Å². The molecule has 0 amide bonds. The van der Waals surface area contributed by atoms with Gasteiger partial charge < -0.3 is 15.6 Å². The number of nitrogen functional groups attached to an aromatic ring is 1. The average molecular weight is 391 g/mol. The first-order chi connectivity index (χ1) is 13.8. The number of fused-ring (bicyclic) bond motifs is 1. The minimum atomic E-state index is -1.01. The zero-order valence-corrected chi connectivity index (χ0v) is 16.4. The summed E-state index contributed by atoms with van der Waals surface area (Å²) in [5.74, 6) is 0.740. The zero-order valence-electron chi connectivity index (χ0n) is 16.4. The van der Waals surface area contributed by atoms with E-state index in [-0.39, 0.29) is 5.95 Å². The number of aromatic nitrogens is 6. The number of pyridine rings is 1. The predicted molar refractivity (Wildman–Crippen MR) is 108 cm³/mol. The summed E-state index contributed by atoms with van der Waals surface area (Å²) in [5.41, 5.74) is 8.01. The van der Waals surface area contributed by atoms with Crippen LogP contribution in [0, 0.1) is 0 Å². The van der Waals surface area contributed by atoms with Crippen molar-refractivity contribution in [3.8, 4) is 17.1 Å². The highest BCUT2D eigenvalue weighted by atomic mass is 16.5. The number of nitrogens with zero attached hydrogens (tertiary/aromatic N) is 6. The van der Waals surface area contributed by atoms with Crippen molar-refractivity contribution in [2.45, 2.75) is 26.0 Å². The number of nitrogens with two attached hydrogens (primary N) is 1. The van der Waals surface area contributed by atoms with Gasteiger partial charge in [-0.25, -0.2) is 14.6 Å². The van der Waals surface area contributed by atoms with Gasteiger partial charge >= 0.3 is 0 Å². The van der Waals surface area contributed by atoms with E-state index in [1.54, 1.807) is 37.9 Å². The molecular formula is C20H21N7O2. The molecule has 4 aromatic rings. The Bertz CT molecular complexity index is 1180. The normalized spacial score (nSPS) is 11.7. The van der Waals surface area contributed by atoms with Gasteiger partial charge in [-0.1, -0.05) is 23.4 Å². The summed E-state index contributed by atoms with van der Waals surface area (Å²) in [7, 11) is 1.58. The minimum Gasteiger partial charge on any atom is -0.494 e. The molecule has 4 rings (SSSR count). The molecule has 3 heterocycles. The molecule has 0 aliphatic rings. The molecule has 0 aliphatic heterocycles. The summed E-state index contributed by atoms with van der Waals surface area (Å²) in [4.78, 5) is 13.2. The molecule has 0 spiro atoms.